The minimum Gasteiger partial charge on any atom is -0.454 e. The largest absolute Gasteiger partial charge is 0.454 e. The molecule has 0 fully saturated rings. The van der Waals surface area contributed by atoms with Gasteiger partial charge in [0.15, 0.2) is 17.3 Å². The molecule has 8 heteroatoms. The van der Waals surface area contributed by atoms with Crippen LogP contribution in [0, 0.1) is 12.3 Å². The normalized spacial score (nSPS) is 19.0. The minimum absolute atomic E-state index is 0.00347. The van der Waals surface area contributed by atoms with Crippen LogP contribution in [0.25, 0.3) is 6.08 Å². The Labute approximate surface area is 164 Å². The van der Waals surface area contributed by atoms with Crippen LogP contribution in [0.4, 0.5) is 0 Å². The van der Waals surface area contributed by atoms with E-state index >= 15 is 0 Å². The van der Waals surface area contributed by atoms with Gasteiger partial charge in [0, 0.05) is 5.56 Å². The Morgan fingerprint density at radius 1 is 1.18 bits per heavy atom. The fourth-order valence-electron chi connectivity index (χ4n) is 3.08. The van der Waals surface area contributed by atoms with Crippen LogP contribution in [0.3, 0.4) is 0 Å². The number of hydrogen-bond donors (Lipinski definition) is 1. The van der Waals surface area contributed by atoms with E-state index in [9.17, 15) is 4.79 Å². The highest BCUT2D eigenvalue weighted by molar-refractivity contribution is 8.27. The third kappa shape index (κ3) is 2.69. The van der Waals surface area contributed by atoms with Gasteiger partial charge in [0.1, 0.15) is 5.04 Å². The Hall–Kier alpha value is -3.39. The summed E-state index contributed by atoms with van der Waals surface area (Å²) in [4.78, 5) is 16.7. The second kappa shape index (κ2) is 6.35. The molecule has 3 aliphatic rings. The molecule has 0 radical (unpaired) electrons. The van der Waals surface area contributed by atoms with E-state index in [-0.39, 0.29) is 18.2 Å². The molecule has 0 unspecified atom stereocenters. The number of carbonyl (C=O) groups excluding carboxylic acids is 1. The van der Waals surface area contributed by atoms with Crippen molar-refractivity contribution in [3.8, 4) is 11.5 Å². The van der Waals surface area contributed by atoms with Crippen LogP contribution in [0.15, 0.2) is 58.1 Å². The number of aryl methyl sites for hydroxylation is 1. The summed E-state index contributed by atoms with van der Waals surface area (Å²) < 4.78 is 10.7. The van der Waals surface area contributed by atoms with Crippen LogP contribution in [-0.2, 0) is 4.79 Å². The number of amidine groups is 2. The fourth-order valence-corrected chi connectivity index (χ4v) is 4.06. The number of hydrazone groups is 1. The van der Waals surface area contributed by atoms with Gasteiger partial charge >= 0.3 is 0 Å². The molecular formula is C20H14N4O3S. The lowest BCUT2D eigenvalue weighted by atomic mass is 10.1. The summed E-state index contributed by atoms with van der Waals surface area (Å²) in [6.45, 7) is 2.18. The molecule has 3 aliphatic heterocycles. The highest BCUT2D eigenvalue weighted by atomic mass is 32.2. The van der Waals surface area contributed by atoms with Gasteiger partial charge in [-0.05, 0) is 48.0 Å². The number of amides is 1. The molecule has 2 aromatic carbocycles. The molecule has 5 rings (SSSR count). The van der Waals surface area contributed by atoms with Gasteiger partial charge in [0.2, 0.25) is 12.0 Å². The van der Waals surface area contributed by atoms with Crippen LogP contribution in [0.1, 0.15) is 16.7 Å². The summed E-state index contributed by atoms with van der Waals surface area (Å²) in [5, 5.41) is 15.5. The van der Waals surface area contributed by atoms with E-state index in [1.807, 2.05) is 31.2 Å². The Morgan fingerprint density at radius 3 is 2.86 bits per heavy atom. The van der Waals surface area contributed by atoms with Crippen molar-refractivity contribution < 1.29 is 14.3 Å². The van der Waals surface area contributed by atoms with Gasteiger partial charge in [-0.25, -0.2) is 0 Å². The summed E-state index contributed by atoms with van der Waals surface area (Å²) in [6, 6.07) is 13.2. The second-order valence-corrected chi connectivity index (χ2v) is 7.31. The third-order valence-electron chi connectivity index (χ3n) is 4.54. The average Bonchev–Trinajstić information content (AvgIpc) is 3.32. The van der Waals surface area contributed by atoms with E-state index in [4.69, 9.17) is 14.9 Å². The van der Waals surface area contributed by atoms with Gasteiger partial charge in [0.25, 0.3) is 5.91 Å². The number of nitrogens with one attached hydrogen (secondary N) is 1. The van der Waals surface area contributed by atoms with E-state index < -0.39 is 5.91 Å². The first-order valence-electron chi connectivity index (χ1n) is 8.56. The zero-order valence-corrected chi connectivity index (χ0v) is 15.6. The zero-order chi connectivity index (χ0) is 19.3. The maximum Gasteiger partial charge on any atom is 0.283 e. The van der Waals surface area contributed by atoms with E-state index in [1.54, 1.807) is 24.3 Å². The standard InChI is InChI=1S/C20H14N4O3S/c1-11-4-2-3-5-13(11)19-23-24-17(21)14(18(25)22-20(24)28-19)8-12-6-7-15-16(9-12)27-10-26-15/h2-9,21H,10H2,1H3/b14-8-,21-17?. The number of rotatable bonds is 2. The molecule has 0 saturated carbocycles. The molecule has 3 heterocycles. The molecule has 1 amide bonds. The van der Waals surface area contributed by atoms with E-state index in [0.717, 1.165) is 21.7 Å². The molecule has 0 saturated heterocycles. The van der Waals surface area contributed by atoms with Gasteiger partial charge in [-0.15, -0.1) is 0 Å². The van der Waals surface area contributed by atoms with Crippen LogP contribution in [0.5, 0.6) is 11.5 Å². The number of hydrogen-bond acceptors (Lipinski definition) is 6. The van der Waals surface area contributed by atoms with Gasteiger partial charge in [-0.1, -0.05) is 30.3 Å². The zero-order valence-electron chi connectivity index (χ0n) is 14.8. The Morgan fingerprint density at radius 2 is 2.00 bits per heavy atom. The van der Waals surface area contributed by atoms with E-state index in [1.165, 1.54) is 16.8 Å². The molecule has 1 N–H and O–H groups in total. The number of aliphatic imine (C=N–C) groups is 1. The molecular weight excluding hydrogens is 376 g/mol. The molecule has 0 atom stereocenters. The van der Waals surface area contributed by atoms with Gasteiger partial charge in [-0.2, -0.15) is 15.1 Å². The Balaban J connectivity index is 1.50. The molecule has 0 aliphatic carbocycles. The van der Waals surface area contributed by atoms with Crippen LogP contribution >= 0.6 is 11.8 Å². The third-order valence-corrected chi connectivity index (χ3v) is 5.48. The Bertz CT molecular complexity index is 1140. The molecule has 28 heavy (non-hydrogen) atoms. The number of nitrogens with zero attached hydrogens (tertiary/aromatic N) is 3. The quantitative estimate of drug-likeness (QED) is 0.794. The van der Waals surface area contributed by atoms with Crippen molar-refractivity contribution in [2.24, 2.45) is 10.1 Å². The summed E-state index contributed by atoms with van der Waals surface area (Å²) in [7, 11) is 0. The summed E-state index contributed by atoms with van der Waals surface area (Å²) in [5.74, 6) is 0.826. The molecule has 138 valence electrons. The number of ether oxygens (including phenoxy) is 2. The van der Waals surface area contributed by atoms with Crippen molar-refractivity contribution in [2.75, 3.05) is 6.79 Å². The Kier molecular flexibility index (Phi) is 3.80. The van der Waals surface area contributed by atoms with Gasteiger partial charge in [-0.3, -0.25) is 10.2 Å². The number of fused-ring (bicyclic) bond motifs is 2. The van der Waals surface area contributed by atoms with Crippen molar-refractivity contribution in [2.45, 2.75) is 6.92 Å². The fraction of sp³-hybridized carbons (Fsp3) is 0.100. The molecule has 0 spiro atoms. The van der Waals surface area contributed by atoms with Crippen molar-refractivity contribution in [1.82, 2.24) is 5.01 Å². The summed E-state index contributed by atoms with van der Waals surface area (Å²) >= 11 is 1.29. The van der Waals surface area contributed by atoms with Crippen molar-refractivity contribution in [3.05, 3.63) is 64.7 Å². The van der Waals surface area contributed by atoms with Crippen molar-refractivity contribution >= 4 is 39.8 Å². The topological polar surface area (TPSA) is 87.3 Å². The smallest absolute Gasteiger partial charge is 0.283 e. The second-order valence-electron chi connectivity index (χ2n) is 6.35. The number of benzene rings is 2. The molecule has 0 bridgehead atoms. The molecule has 2 aromatic rings. The lowest BCUT2D eigenvalue weighted by molar-refractivity contribution is -0.114. The summed E-state index contributed by atoms with van der Waals surface area (Å²) in [5.41, 5.74) is 2.94. The van der Waals surface area contributed by atoms with Crippen LogP contribution in [-0.4, -0.2) is 33.8 Å². The monoisotopic (exact) mass is 390 g/mol. The van der Waals surface area contributed by atoms with E-state index in [2.05, 4.69) is 10.1 Å². The first-order valence-corrected chi connectivity index (χ1v) is 9.38. The maximum absolute atomic E-state index is 12.6. The highest BCUT2D eigenvalue weighted by Crippen LogP contribution is 2.35. The SMILES string of the molecule is Cc1ccccc1C1=NN2C(=N)/C(=C/c3ccc4c(c3)OCO4)C(=O)N=C2S1. The average molecular weight is 390 g/mol. The molecule has 0 aromatic heterocycles. The predicted octanol–water partition coefficient (Wildman–Crippen LogP) is 3.39. The molecule has 7 nitrogen and oxygen atoms in total. The van der Waals surface area contributed by atoms with Crippen LogP contribution < -0.4 is 9.47 Å². The first kappa shape index (κ1) is 16.8. The van der Waals surface area contributed by atoms with Crippen LogP contribution in [0.2, 0.25) is 0 Å². The lowest BCUT2D eigenvalue weighted by Gasteiger charge is -2.20. The maximum atomic E-state index is 12.6. The van der Waals surface area contributed by atoms with Crippen molar-refractivity contribution in [1.29, 1.82) is 5.41 Å². The number of thioether (sulfide) groups is 1. The number of carbonyl (C=O) groups is 1. The lowest BCUT2D eigenvalue weighted by Crippen LogP contribution is -2.35. The van der Waals surface area contributed by atoms with Gasteiger partial charge < -0.3 is 9.47 Å². The summed E-state index contributed by atoms with van der Waals surface area (Å²) in [6.07, 6.45) is 1.62. The minimum atomic E-state index is -0.456. The van der Waals surface area contributed by atoms with Gasteiger partial charge in [0.05, 0.1) is 5.57 Å². The first-order chi connectivity index (χ1) is 13.6. The van der Waals surface area contributed by atoms with Crippen molar-refractivity contribution in [3.63, 3.8) is 0 Å². The highest BCUT2D eigenvalue weighted by Gasteiger charge is 2.36. The van der Waals surface area contributed by atoms with E-state index in [0.29, 0.717) is 16.7 Å². The predicted molar refractivity (Wildman–Crippen MR) is 108 cm³/mol.